The van der Waals surface area contributed by atoms with Crippen LogP contribution in [0.15, 0.2) is 29.3 Å². The van der Waals surface area contributed by atoms with E-state index in [0.29, 0.717) is 41.7 Å². The number of hydrogen-bond donors (Lipinski definition) is 1. The molecular weight excluding hydrogens is 488 g/mol. The molecule has 2 N–H and O–H groups in total. The number of aromatic nitrogens is 2. The Balaban J connectivity index is 2.04. The zero-order valence-electron chi connectivity index (χ0n) is 22.7. The van der Waals surface area contributed by atoms with Crippen molar-refractivity contribution < 1.29 is 14.3 Å². The van der Waals surface area contributed by atoms with Crippen molar-refractivity contribution in [1.82, 2.24) is 19.6 Å². The SMILES string of the molecule is COCC(C)(C)C(=O)n1nc(C2CN(C(=O)N(C)C)CCC2C)c(C#N)c1SCc1ccc(CN)cc1. The van der Waals surface area contributed by atoms with Crippen LogP contribution < -0.4 is 5.73 Å². The molecule has 2 amide bonds. The van der Waals surface area contributed by atoms with Gasteiger partial charge in [0.2, 0.25) is 0 Å². The summed E-state index contributed by atoms with van der Waals surface area (Å²) in [6.07, 6.45) is 0.793. The quantitative estimate of drug-likeness (QED) is 0.518. The van der Waals surface area contributed by atoms with Crippen LogP contribution in [0.5, 0.6) is 0 Å². The van der Waals surface area contributed by atoms with Gasteiger partial charge in [-0.15, -0.1) is 11.8 Å². The van der Waals surface area contributed by atoms with E-state index >= 15 is 0 Å². The number of likely N-dealkylation sites (tertiary alicyclic amines) is 1. The van der Waals surface area contributed by atoms with Gasteiger partial charge in [-0.3, -0.25) is 4.79 Å². The lowest BCUT2D eigenvalue weighted by molar-refractivity contribution is 0.0513. The molecule has 2 aromatic rings. The normalized spacial score (nSPS) is 17.9. The van der Waals surface area contributed by atoms with E-state index in [0.717, 1.165) is 17.5 Å². The maximum absolute atomic E-state index is 13.7. The smallest absolute Gasteiger partial charge is 0.319 e. The molecule has 0 bridgehead atoms. The summed E-state index contributed by atoms with van der Waals surface area (Å²) >= 11 is 1.42. The third-order valence-corrected chi connectivity index (χ3v) is 7.98. The number of hydrogen-bond acceptors (Lipinski definition) is 7. The predicted molar refractivity (Wildman–Crippen MR) is 144 cm³/mol. The van der Waals surface area contributed by atoms with Gasteiger partial charge in [0.05, 0.1) is 17.7 Å². The minimum absolute atomic E-state index is 0.0670. The monoisotopic (exact) mass is 526 g/mol. The summed E-state index contributed by atoms with van der Waals surface area (Å²) in [7, 11) is 5.03. The van der Waals surface area contributed by atoms with Crippen molar-refractivity contribution in [1.29, 1.82) is 5.26 Å². The van der Waals surface area contributed by atoms with Gasteiger partial charge in [-0.1, -0.05) is 31.2 Å². The van der Waals surface area contributed by atoms with E-state index in [9.17, 15) is 14.9 Å². The Kier molecular flexibility index (Phi) is 9.40. The summed E-state index contributed by atoms with van der Waals surface area (Å²) < 4.78 is 6.70. The summed E-state index contributed by atoms with van der Waals surface area (Å²) in [5.74, 6) is 0.372. The molecule has 0 radical (unpaired) electrons. The molecule has 1 aliphatic rings. The highest BCUT2D eigenvalue weighted by Gasteiger charge is 2.38. The van der Waals surface area contributed by atoms with Crippen LogP contribution in [-0.2, 0) is 17.0 Å². The van der Waals surface area contributed by atoms with Gasteiger partial charge in [-0.25, -0.2) is 4.79 Å². The third-order valence-electron chi connectivity index (χ3n) is 6.86. The maximum Gasteiger partial charge on any atom is 0.319 e. The first-order valence-electron chi connectivity index (χ1n) is 12.5. The second-order valence-electron chi connectivity index (χ2n) is 10.5. The Morgan fingerprint density at radius 2 is 1.92 bits per heavy atom. The van der Waals surface area contributed by atoms with Gasteiger partial charge in [0, 0.05) is 52.5 Å². The highest BCUT2D eigenvalue weighted by Crippen LogP contribution is 2.38. The number of amides is 2. The molecule has 9 nitrogen and oxygen atoms in total. The molecule has 0 aliphatic carbocycles. The molecule has 10 heteroatoms. The highest BCUT2D eigenvalue weighted by atomic mass is 32.2. The Morgan fingerprint density at radius 1 is 1.27 bits per heavy atom. The summed E-state index contributed by atoms with van der Waals surface area (Å²) in [6, 6.07) is 10.3. The lowest BCUT2D eigenvalue weighted by Gasteiger charge is -2.37. The standard InChI is InChI=1S/C27H38N6O3S/c1-18-11-12-32(26(35)31(4)5)15-22(18)23-21(14-29)24(33(30-23)25(34)27(2,3)17-36-6)37-16-20-9-7-19(13-28)8-10-20/h7-10,18,22H,11-13,15-17,28H2,1-6H3. The molecule has 2 heterocycles. The molecule has 2 unspecified atom stereocenters. The number of carbonyl (C=O) groups excluding carboxylic acids is 2. The van der Waals surface area contributed by atoms with Gasteiger partial charge in [-0.2, -0.15) is 15.0 Å². The largest absolute Gasteiger partial charge is 0.384 e. The van der Waals surface area contributed by atoms with E-state index in [-0.39, 0.29) is 30.4 Å². The van der Waals surface area contributed by atoms with Crippen molar-refractivity contribution in [2.24, 2.45) is 17.1 Å². The number of rotatable bonds is 8. The molecule has 200 valence electrons. The number of methoxy groups -OCH3 is 1. The maximum atomic E-state index is 13.7. The molecule has 2 atom stereocenters. The fraction of sp³-hybridized carbons (Fsp3) is 0.556. The van der Waals surface area contributed by atoms with Crippen LogP contribution in [0, 0.1) is 22.7 Å². The number of urea groups is 1. The second kappa shape index (κ2) is 12.1. The summed E-state index contributed by atoms with van der Waals surface area (Å²) in [5.41, 5.74) is 7.96. The fourth-order valence-electron chi connectivity index (χ4n) is 4.57. The number of nitrogens with two attached hydrogens (primary N) is 1. The Morgan fingerprint density at radius 3 is 2.49 bits per heavy atom. The lowest BCUT2D eigenvalue weighted by atomic mass is 9.83. The van der Waals surface area contributed by atoms with Crippen molar-refractivity contribution in [2.45, 2.75) is 50.4 Å². The van der Waals surface area contributed by atoms with Crippen LogP contribution in [0.3, 0.4) is 0 Å². The molecule has 0 spiro atoms. The molecule has 1 aliphatic heterocycles. The first-order valence-corrected chi connectivity index (χ1v) is 13.5. The van der Waals surface area contributed by atoms with Gasteiger partial charge in [0.15, 0.2) is 0 Å². The van der Waals surface area contributed by atoms with Crippen LogP contribution >= 0.6 is 11.8 Å². The van der Waals surface area contributed by atoms with E-state index in [1.165, 1.54) is 16.4 Å². The van der Waals surface area contributed by atoms with E-state index in [1.54, 1.807) is 31.0 Å². The number of thioether (sulfide) groups is 1. The van der Waals surface area contributed by atoms with Gasteiger partial charge < -0.3 is 20.3 Å². The van der Waals surface area contributed by atoms with Gasteiger partial charge in [0.1, 0.15) is 16.7 Å². The molecule has 37 heavy (non-hydrogen) atoms. The number of nitriles is 1. The van der Waals surface area contributed by atoms with Gasteiger partial charge >= 0.3 is 6.03 Å². The average molecular weight is 527 g/mol. The highest BCUT2D eigenvalue weighted by molar-refractivity contribution is 7.98. The van der Waals surface area contributed by atoms with Crippen molar-refractivity contribution in [3.63, 3.8) is 0 Å². The molecule has 1 aromatic heterocycles. The van der Waals surface area contributed by atoms with E-state index in [1.807, 2.05) is 38.1 Å². The molecule has 0 saturated carbocycles. The third kappa shape index (κ3) is 6.35. The summed E-state index contributed by atoms with van der Waals surface area (Å²) in [4.78, 5) is 29.8. The molecule has 1 saturated heterocycles. The molecule has 3 rings (SSSR count). The molecule has 1 aromatic carbocycles. The minimum atomic E-state index is -0.839. The minimum Gasteiger partial charge on any atom is -0.384 e. The van der Waals surface area contributed by atoms with E-state index in [4.69, 9.17) is 15.6 Å². The number of ether oxygens (including phenoxy) is 1. The first-order chi connectivity index (χ1) is 17.5. The van der Waals surface area contributed by atoms with Gasteiger partial charge in [-0.05, 0) is 37.3 Å². The molecular formula is C27H38N6O3S. The van der Waals surface area contributed by atoms with Crippen molar-refractivity contribution >= 4 is 23.7 Å². The zero-order valence-corrected chi connectivity index (χ0v) is 23.5. The van der Waals surface area contributed by atoms with E-state index < -0.39 is 5.41 Å². The number of benzene rings is 1. The Hall–Kier alpha value is -2.87. The van der Waals surface area contributed by atoms with Crippen LogP contribution in [0.25, 0.3) is 0 Å². The van der Waals surface area contributed by atoms with Crippen LogP contribution in [0.4, 0.5) is 4.79 Å². The summed E-state index contributed by atoms with van der Waals surface area (Å²) in [6.45, 7) is 7.53. The Labute approximate surface area is 223 Å². The average Bonchev–Trinajstić information content (AvgIpc) is 3.25. The van der Waals surface area contributed by atoms with Crippen molar-refractivity contribution in [3.05, 3.63) is 46.6 Å². The summed E-state index contributed by atoms with van der Waals surface area (Å²) in [5, 5.41) is 15.6. The molecule has 1 fully saturated rings. The number of carbonyl (C=O) groups is 2. The zero-order chi connectivity index (χ0) is 27.3. The lowest BCUT2D eigenvalue weighted by Crippen LogP contribution is -2.46. The van der Waals surface area contributed by atoms with Crippen molar-refractivity contribution in [3.8, 4) is 6.07 Å². The number of nitrogens with zero attached hydrogens (tertiary/aromatic N) is 5. The van der Waals surface area contributed by atoms with Crippen LogP contribution in [0.2, 0.25) is 0 Å². The Bertz CT molecular complexity index is 1150. The van der Waals surface area contributed by atoms with Crippen LogP contribution in [-0.4, -0.2) is 72.4 Å². The fourth-order valence-corrected chi connectivity index (χ4v) is 5.61. The first kappa shape index (κ1) is 28.7. The second-order valence-corrected chi connectivity index (χ2v) is 11.5. The van der Waals surface area contributed by atoms with E-state index in [2.05, 4.69) is 13.0 Å². The topological polar surface area (TPSA) is 117 Å². The van der Waals surface area contributed by atoms with Crippen LogP contribution in [0.1, 0.15) is 60.3 Å². The van der Waals surface area contributed by atoms with Crippen molar-refractivity contribution in [2.75, 3.05) is 40.9 Å². The van der Waals surface area contributed by atoms with Gasteiger partial charge in [0.25, 0.3) is 5.91 Å². The number of piperidine rings is 1. The predicted octanol–water partition coefficient (Wildman–Crippen LogP) is 3.93.